The summed E-state index contributed by atoms with van der Waals surface area (Å²) in [6.45, 7) is 0. The van der Waals surface area contributed by atoms with Crippen LogP contribution in [-0.4, -0.2) is 0 Å². The van der Waals surface area contributed by atoms with Gasteiger partial charge in [-0.2, -0.15) is 0 Å². The second-order valence-electron chi connectivity index (χ2n) is 10.5. The second kappa shape index (κ2) is 8.29. The molecule has 0 aliphatic carbocycles. The van der Waals surface area contributed by atoms with Gasteiger partial charge in [0.15, 0.2) is 0 Å². The molecule has 2 heteroatoms. The number of rotatable bonds is 2. The fourth-order valence-corrected chi connectivity index (χ4v) is 7.73. The molecule has 7 aromatic carbocycles. The van der Waals surface area contributed by atoms with Crippen molar-refractivity contribution in [1.82, 2.24) is 0 Å². The number of benzene rings is 7. The van der Waals surface area contributed by atoms with Gasteiger partial charge in [0.25, 0.3) is 0 Å². The minimum absolute atomic E-state index is 0.945. The molecule has 0 aliphatic rings. The van der Waals surface area contributed by atoms with E-state index in [0.717, 1.165) is 5.58 Å². The molecule has 0 atom stereocenters. The van der Waals surface area contributed by atoms with Crippen LogP contribution in [0.2, 0.25) is 0 Å². The maximum atomic E-state index is 5.69. The van der Waals surface area contributed by atoms with E-state index in [4.69, 9.17) is 4.42 Å². The van der Waals surface area contributed by atoms with Crippen LogP contribution in [0.4, 0.5) is 0 Å². The van der Waals surface area contributed by atoms with Crippen molar-refractivity contribution in [3.8, 4) is 22.3 Å². The van der Waals surface area contributed by atoms with E-state index in [2.05, 4.69) is 127 Å². The standard InChI is InChI=1S/C38H22OS/c1-2-8-24-21-25(14-13-23(24)7-1)36-27-9-3-5-11-29(27)37(30-12-6-4-10-28(30)36)26-15-18-35-33(22-26)31-16-17-34-32(19-20-39-34)38(31)40-35/h1-22H. The van der Waals surface area contributed by atoms with Gasteiger partial charge in [-0.3, -0.25) is 0 Å². The van der Waals surface area contributed by atoms with E-state index in [1.165, 1.54) is 80.1 Å². The maximum Gasteiger partial charge on any atom is 0.135 e. The molecule has 40 heavy (non-hydrogen) atoms. The molecule has 0 saturated heterocycles. The molecule has 0 saturated carbocycles. The van der Waals surface area contributed by atoms with Gasteiger partial charge < -0.3 is 4.42 Å². The molecule has 0 amide bonds. The third-order valence-electron chi connectivity index (χ3n) is 8.33. The summed E-state index contributed by atoms with van der Waals surface area (Å²) in [6.07, 6.45) is 1.79. The van der Waals surface area contributed by atoms with Crippen molar-refractivity contribution in [3.05, 3.63) is 134 Å². The van der Waals surface area contributed by atoms with Crippen LogP contribution in [0.15, 0.2) is 138 Å². The lowest BCUT2D eigenvalue weighted by Crippen LogP contribution is -1.91. The van der Waals surface area contributed by atoms with Crippen LogP contribution in [0.5, 0.6) is 0 Å². The zero-order valence-electron chi connectivity index (χ0n) is 21.5. The summed E-state index contributed by atoms with van der Waals surface area (Å²) >= 11 is 1.85. The predicted octanol–water partition coefficient (Wildman–Crippen LogP) is 11.6. The molecule has 0 unspecified atom stereocenters. The van der Waals surface area contributed by atoms with Crippen molar-refractivity contribution >= 4 is 74.8 Å². The molecule has 0 radical (unpaired) electrons. The van der Waals surface area contributed by atoms with Crippen LogP contribution < -0.4 is 0 Å². The Labute approximate surface area is 234 Å². The van der Waals surface area contributed by atoms with E-state index < -0.39 is 0 Å². The monoisotopic (exact) mass is 526 g/mol. The predicted molar refractivity (Wildman–Crippen MR) is 172 cm³/mol. The number of hydrogen-bond donors (Lipinski definition) is 0. The lowest BCUT2D eigenvalue weighted by Gasteiger charge is -2.18. The van der Waals surface area contributed by atoms with Crippen LogP contribution in [0.1, 0.15) is 0 Å². The lowest BCUT2D eigenvalue weighted by molar-refractivity contribution is 0.616. The minimum Gasteiger partial charge on any atom is -0.464 e. The van der Waals surface area contributed by atoms with E-state index in [1.807, 2.05) is 11.3 Å². The Bertz CT molecular complexity index is 2380. The molecule has 0 aliphatic heterocycles. The number of fused-ring (bicyclic) bond motifs is 8. The Morgan fingerprint density at radius 3 is 1.77 bits per heavy atom. The Morgan fingerprint density at radius 2 is 1.05 bits per heavy atom. The highest BCUT2D eigenvalue weighted by atomic mass is 32.1. The van der Waals surface area contributed by atoms with Gasteiger partial charge in [0.1, 0.15) is 5.58 Å². The van der Waals surface area contributed by atoms with Crippen molar-refractivity contribution < 1.29 is 4.42 Å². The first-order chi connectivity index (χ1) is 19.8. The fourth-order valence-electron chi connectivity index (χ4n) is 6.53. The smallest absolute Gasteiger partial charge is 0.135 e. The van der Waals surface area contributed by atoms with E-state index in [1.54, 1.807) is 6.26 Å². The van der Waals surface area contributed by atoms with E-state index in [0.29, 0.717) is 0 Å². The normalized spacial score (nSPS) is 12.0. The zero-order valence-corrected chi connectivity index (χ0v) is 22.3. The van der Waals surface area contributed by atoms with Crippen LogP contribution in [0.25, 0.3) is 85.7 Å². The SMILES string of the molecule is c1ccc2cc(-c3c4ccccc4c(-c4ccc5sc6c7ccoc7ccc6c5c4)c4ccccc34)ccc2c1. The van der Waals surface area contributed by atoms with Crippen LogP contribution in [0.3, 0.4) is 0 Å². The molecule has 9 aromatic rings. The topological polar surface area (TPSA) is 13.1 Å². The highest BCUT2D eigenvalue weighted by molar-refractivity contribution is 7.26. The van der Waals surface area contributed by atoms with Crippen molar-refractivity contribution in [2.24, 2.45) is 0 Å². The summed E-state index contributed by atoms with van der Waals surface area (Å²) in [5.74, 6) is 0. The zero-order chi connectivity index (χ0) is 26.2. The lowest BCUT2D eigenvalue weighted by atomic mass is 9.85. The second-order valence-corrected chi connectivity index (χ2v) is 11.5. The molecule has 9 rings (SSSR count). The average molecular weight is 527 g/mol. The molecule has 0 fully saturated rings. The molecule has 186 valence electrons. The first-order valence-corrected chi connectivity index (χ1v) is 14.4. The summed E-state index contributed by atoms with van der Waals surface area (Å²) in [6, 6.07) is 46.6. The van der Waals surface area contributed by atoms with Gasteiger partial charge in [0.2, 0.25) is 0 Å². The highest BCUT2D eigenvalue weighted by Gasteiger charge is 2.18. The Morgan fingerprint density at radius 1 is 0.425 bits per heavy atom. The molecular weight excluding hydrogens is 504 g/mol. The number of thiophene rings is 1. The largest absolute Gasteiger partial charge is 0.464 e. The van der Waals surface area contributed by atoms with Crippen molar-refractivity contribution in [1.29, 1.82) is 0 Å². The fraction of sp³-hybridized carbons (Fsp3) is 0. The van der Waals surface area contributed by atoms with Crippen LogP contribution in [0, 0.1) is 0 Å². The minimum atomic E-state index is 0.945. The number of furan rings is 1. The quantitative estimate of drug-likeness (QED) is 0.204. The van der Waals surface area contributed by atoms with Crippen LogP contribution >= 0.6 is 11.3 Å². The third-order valence-corrected chi connectivity index (χ3v) is 9.55. The third kappa shape index (κ3) is 3.08. The van der Waals surface area contributed by atoms with E-state index >= 15 is 0 Å². The van der Waals surface area contributed by atoms with Crippen molar-refractivity contribution in [2.75, 3.05) is 0 Å². The highest BCUT2D eigenvalue weighted by Crippen LogP contribution is 2.46. The van der Waals surface area contributed by atoms with E-state index in [-0.39, 0.29) is 0 Å². The van der Waals surface area contributed by atoms with Gasteiger partial charge in [-0.1, -0.05) is 91.0 Å². The van der Waals surface area contributed by atoms with Gasteiger partial charge in [-0.05, 0) is 91.0 Å². The molecule has 1 nitrogen and oxygen atoms in total. The number of hydrogen-bond acceptors (Lipinski definition) is 2. The first-order valence-electron chi connectivity index (χ1n) is 13.6. The molecular formula is C38H22OS. The van der Waals surface area contributed by atoms with Gasteiger partial charge in [-0.15, -0.1) is 11.3 Å². The molecule has 0 N–H and O–H groups in total. The summed E-state index contributed by atoms with van der Waals surface area (Å²) in [5.41, 5.74) is 6.03. The van der Waals surface area contributed by atoms with Crippen molar-refractivity contribution in [2.45, 2.75) is 0 Å². The summed E-state index contributed by atoms with van der Waals surface area (Å²) in [5, 5.41) is 11.4. The van der Waals surface area contributed by atoms with Gasteiger partial charge in [-0.25, -0.2) is 0 Å². The summed E-state index contributed by atoms with van der Waals surface area (Å²) < 4.78 is 8.28. The maximum absolute atomic E-state index is 5.69. The Balaban J connectivity index is 1.37. The van der Waals surface area contributed by atoms with Gasteiger partial charge >= 0.3 is 0 Å². The van der Waals surface area contributed by atoms with Crippen LogP contribution in [-0.2, 0) is 0 Å². The molecule has 2 heterocycles. The molecule has 0 spiro atoms. The van der Waals surface area contributed by atoms with E-state index in [9.17, 15) is 0 Å². The summed E-state index contributed by atoms with van der Waals surface area (Å²) in [7, 11) is 0. The average Bonchev–Trinajstić information content (AvgIpc) is 3.64. The van der Waals surface area contributed by atoms with Crippen molar-refractivity contribution in [3.63, 3.8) is 0 Å². The van der Waals surface area contributed by atoms with Gasteiger partial charge in [0, 0.05) is 25.6 Å². The first kappa shape index (κ1) is 22.0. The van der Waals surface area contributed by atoms with Gasteiger partial charge in [0.05, 0.1) is 6.26 Å². The Hall–Kier alpha value is -4.92. The Kier molecular flexibility index (Phi) is 4.55. The molecule has 2 aromatic heterocycles. The molecule has 0 bridgehead atoms. The summed E-state index contributed by atoms with van der Waals surface area (Å²) in [4.78, 5) is 0.